The molecule has 2 aromatic rings. The van der Waals surface area contributed by atoms with Gasteiger partial charge in [0.1, 0.15) is 4.90 Å². The molecule has 0 unspecified atom stereocenters. The summed E-state index contributed by atoms with van der Waals surface area (Å²) in [6.45, 7) is 1.60. The lowest BCUT2D eigenvalue weighted by Crippen LogP contribution is -2.14. The van der Waals surface area contributed by atoms with Crippen LogP contribution in [0.5, 0.6) is 0 Å². The Balaban J connectivity index is 2.31. The second kappa shape index (κ2) is 5.33. The Morgan fingerprint density at radius 3 is 2.75 bits per heavy atom. The van der Waals surface area contributed by atoms with Gasteiger partial charge in [0, 0.05) is 5.69 Å². The lowest BCUT2D eigenvalue weighted by molar-refractivity contribution is 0.0601. The minimum absolute atomic E-state index is 0.0565. The van der Waals surface area contributed by atoms with E-state index in [1.807, 2.05) is 0 Å². The summed E-state index contributed by atoms with van der Waals surface area (Å²) in [4.78, 5) is 11.5. The van der Waals surface area contributed by atoms with Gasteiger partial charge < -0.3 is 4.74 Å². The van der Waals surface area contributed by atoms with E-state index in [9.17, 15) is 13.2 Å². The van der Waals surface area contributed by atoms with Crippen LogP contribution in [-0.4, -0.2) is 31.7 Å². The standard InChI is InChI=1S/C12H13N3O4S/c1-8-11(7-13-14-8)20(17,18)15-10-5-3-4-9(6-10)12(16)19-2/h3-7,15H,1-2H3,(H,13,14). The molecule has 0 atom stereocenters. The summed E-state index contributed by atoms with van der Waals surface area (Å²) in [6, 6.07) is 6.04. The molecular weight excluding hydrogens is 282 g/mol. The number of rotatable bonds is 4. The average Bonchev–Trinajstić information content (AvgIpc) is 2.85. The number of carbonyl (C=O) groups is 1. The first-order chi connectivity index (χ1) is 9.44. The fourth-order valence-electron chi connectivity index (χ4n) is 1.65. The lowest BCUT2D eigenvalue weighted by Gasteiger charge is -2.08. The topological polar surface area (TPSA) is 101 Å². The molecule has 0 saturated heterocycles. The van der Waals surface area contributed by atoms with Gasteiger partial charge in [-0.3, -0.25) is 9.82 Å². The second-order valence-electron chi connectivity index (χ2n) is 4.04. The molecule has 0 aliphatic rings. The average molecular weight is 295 g/mol. The highest BCUT2D eigenvalue weighted by Crippen LogP contribution is 2.18. The number of carbonyl (C=O) groups excluding carboxylic acids is 1. The highest BCUT2D eigenvalue weighted by Gasteiger charge is 2.19. The molecular formula is C12H13N3O4S. The van der Waals surface area contributed by atoms with Gasteiger partial charge in [-0.2, -0.15) is 5.10 Å². The molecule has 2 N–H and O–H groups in total. The molecule has 1 aromatic heterocycles. The van der Waals surface area contributed by atoms with Crippen LogP contribution in [0, 0.1) is 6.92 Å². The zero-order valence-corrected chi connectivity index (χ0v) is 11.7. The number of sulfonamides is 1. The number of esters is 1. The molecule has 106 valence electrons. The van der Waals surface area contributed by atoms with Crippen molar-refractivity contribution in [3.8, 4) is 0 Å². The van der Waals surface area contributed by atoms with Crippen LogP contribution < -0.4 is 4.72 Å². The number of ether oxygens (including phenoxy) is 1. The van der Waals surface area contributed by atoms with E-state index >= 15 is 0 Å². The molecule has 0 saturated carbocycles. The van der Waals surface area contributed by atoms with Crippen molar-refractivity contribution in [2.45, 2.75) is 11.8 Å². The quantitative estimate of drug-likeness (QED) is 0.828. The van der Waals surface area contributed by atoms with Gasteiger partial charge in [-0.1, -0.05) is 6.07 Å². The third-order valence-corrected chi connectivity index (χ3v) is 4.10. The summed E-state index contributed by atoms with van der Waals surface area (Å²) in [6.07, 6.45) is 1.22. The van der Waals surface area contributed by atoms with Gasteiger partial charge in [0.2, 0.25) is 0 Å². The molecule has 1 aromatic carbocycles. The lowest BCUT2D eigenvalue weighted by atomic mass is 10.2. The summed E-state index contributed by atoms with van der Waals surface area (Å²) >= 11 is 0. The number of aromatic amines is 1. The monoisotopic (exact) mass is 295 g/mol. The molecule has 20 heavy (non-hydrogen) atoms. The van der Waals surface area contributed by atoms with Gasteiger partial charge in [-0.05, 0) is 25.1 Å². The van der Waals surface area contributed by atoms with Crippen LogP contribution in [0.25, 0.3) is 0 Å². The van der Waals surface area contributed by atoms with Crippen molar-refractivity contribution in [2.75, 3.05) is 11.8 Å². The van der Waals surface area contributed by atoms with Crippen molar-refractivity contribution >= 4 is 21.7 Å². The Morgan fingerprint density at radius 1 is 1.40 bits per heavy atom. The molecule has 2 rings (SSSR count). The normalized spacial score (nSPS) is 11.1. The van der Waals surface area contributed by atoms with Crippen LogP contribution in [-0.2, 0) is 14.8 Å². The molecule has 1 heterocycles. The number of benzene rings is 1. The Morgan fingerprint density at radius 2 is 2.15 bits per heavy atom. The van der Waals surface area contributed by atoms with Gasteiger partial charge in [0.15, 0.2) is 0 Å². The fraction of sp³-hybridized carbons (Fsp3) is 0.167. The maximum Gasteiger partial charge on any atom is 0.337 e. The molecule has 0 amide bonds. The zero-order valence-electron chi connectivity index (χ0n) is 10.9. The number of methoxy groups -OCH3 is 1. The maximum atomic E-state index is 12.1. The molecule has 8 heteroatoms. The number of H-pyrrole nitrogens is 1. The van der Waals surface area contributed by atoms with Gasteiger partial charge >= 0.3 is 5.97 Å². The maximum absolute atomic E-state index is 12.1. The summed E-state index contributed by atoms with van der Waals surface area (Å²) in [5.41, 5.74) is 0.965. The highest BCUT2D eigenvalue weighted by atomic mass is 32.2. The van der Waals surface area contributed by atoms with Crippen LogP contribution in [0.3, 0.4) is 0 Å². The minimum Gasteiger partial charge on any atom is -0.465 e. The van der Waals surface area contributed by atoms with Crippen molar-refractivity contribution in [3.63, 3.8) is 0 Å². The smallest absolute Gasteiger partial charge is 0.337 e. The number of nitrogens with one attached hydrogen (secondary N) is 2. The van der Waals surface area contributed by atoms with Crippen LogP contribution >= 0.6 is 0 Å². The van der Waals surface area contributed by atoms with E-state index in [-0.39, 0.29) is 16.1 Å². The number of anilines is 1. The number of aromatic nitrogens is 2. The summed E-state index contributed by atoms with van der Waals surface area (Å²) in [7, 11) is -2.49. The SMILES string of the molecule is COC(=O)c1cccc(NS(=O)(=O)c2cn[nH]c2C)c1. The van der Waals surface area contributed by atoms with Crippen LogP contribution in [0.15, 0.2) is 35.4 Å². The predicted molar refractivity (Wildman–Crippen MR) is 71.9 cm³/mol. The van der Waals surface area contributed by atoms with Crippen molar-refractivity contribution in [3.05, 3.63) is 41.7 Å². The van der Waals surface area contributed by atoms with E-state index in [4.69, 9.17) is 0 Å². The van der Waals surface area contributed by atoms with E-state index in [2.05, 4.69) is 19.7 Å². The molecule has 0 radical (unpaired) electrons. The highest BCUT2D eigenvalue weighted by molar-refractivity contribution is 7.92. The van der Waals surface area contributed by atoms with Crippen molar-refractivity contribution < 1.29 is 17.9 Å². The van der Waals surface area contributed by atoms with Crippen molar-refractivity contribution in [1.82, 2.24) is 10.2 Å². The van der Waals surface area contributed by atoms with Gasteiger partial charge in [-0.15, -0.1) is 0 Å². The van der Waals surface area contributed by atoms with E-state index < -0.39 is 16.0 Å². The van der Waals surface area contributed by atoms with E-state index in [0.29, 0.717) is 5.69 Å². The van der Waals surface area contributed by atoms with Crippen LogP contribution in [0.2, 0.25) is 0 Å². The summed E-state index contributed by atoms with van der Waals surface area (Å²) in [5, 5.41) is 6.23. The second-order valence-corrected chi connectivity index (χ2v) is 5.69. The number of aryl methyl sites for hydroxylation is 1. The van der Waals surface area contributed by atoms with Crippen LogP contribution in [0.4, 0.5) is 5.69 Å². The zero-order chi connectivity index (χ0) is 14.8. The third-order valence-electron chi connectivity index (χ3n) is 2.61. The molecule has 0 bridgehead atoms. The summed E-state index contributed by atoms with van der Waals surface area (Å²) in [5.74, 6) is -0.537. The molecule has 0 fully saturated rings. The van der Waals surface area contributed by atoms with Gasteiger partial charge in [-0.25, -0.2) is 13.2 Å². The first-order valence-corrected chi connectivity index (χ1v) is 7.13. The molecule has 7 nitrogen and oxygen atoms in total. The first-order valence-electron chi connectivity index (χ1n) is 5.65. The van der Waals surface area contributed by atoms with Gasteiger partial charge in [0.05, 0.1) is 24.6 Å². The van der Waals surface area contributed by atoms with Crippen molar-refractivity contribution in [2.24, 2.45) is 0 Å². The minimum atomic E-state index is -3.75. The summed E-state index contributed by atoms with van der Waals surface area (Å²) < 4.78 is 31.3. The Labute approximate surface area is 116 Å². The van der Waals surface area contributed by atoms with E-state index in [1.165, 1.54) is 25.4 Å². The molecule has 0 aliphatic carbocycles. The largest absolute Gasteiger partial charge is 0.465 e. The number of hydrogen-bond donors (Lipinski definition) is 2. The number of hydrogen-bond acceptors (Lipinski definition) is 5. The number of nitrogens with zero attached hydrogens (tertiary/aromatic N) is 1. The molecule has 0 aliphatic heterocycles. The Bertz CT molecular complexity index is 737. The van der Waals surface area contributed by atoms with E-state index in [0.717, 1.165) is 0 Å². The van der Waals surface area contributed by atoms with Crippen molar-refractivity contribution in [1.29, 1.82) is 0 Å². The Kier molecular flexibility index (Phi) is 3.75. The Hall–Kier alpha value is -2.35. The van der Waals surface area contributed by atoms with Gasteiger partial charge in [0.25, 0.3) is 10.0 Å². The fourth-order valence-corrected chi connectivity index (χ4v) is 2.84. The molecule has 0 spiro atoms. The third kappa shape index (κ3) is 2.80. The first kappa shape index (κ1) is 14.1. The predicted octanol–water partition coefficient (Wildman–Crippen LogP) is 1.31. The van der Waals surface area contributed by atoms with E-state index in [1.54, 1.807) is 19.1 Å². The van der Waals surface area contributed by atoms with Crippen LogP contribution in [0.1, 0.15) is 16.1 Å².